The molecule has 0 fully saturated rings. The van der Waals surface area contributed by atoms with E-state index in [1.165, 1.54) is 7.11 Å². The molecule has 0 saturated heterocycles. The molecule has 1 heterocycles. The molecule has 1 atom stereocenters. The van der Waals surface area contributed by atoms with Crippen LogP contribution in [0.15, 0.2) is 24.3 Å². The third kappa shape index (κ3) is 2.59. The Labute approximate surface area is 114 Å². The number of fused-ring (bicyclic) bond motifs is 1. The van der Waals surface area contributed by atoms with Gasteiger partial charge in [0.25, 0.3) is 0 Å². The molecule has 1 aromatic carbocycles. The van der Waals surface area contributed by atoms with Crippen LogP contribution in [0.2, 0.25) is 0 Å². The summed E-state index contributed by atoms with van der Waals surface area (Å²) in [6.07, 6.45) is 1.01. The predicted molar refractivity (Wildman–Crippen MR) is 73.1 cm³/mol. The molecule has 1 N–H and O–H groups in total. The van der Waals surface area contributed by atoms with E-state index in [9.17, 15) is 4.79 Å². The third-order valence-electron chi connectivity index (χ3n) is 3.67. The van der Waals surface area contributed by atoms with Crippen molar-refractivity contribution < 1.29 is 14.3 Å². The average Bonchev–Trinajstić information content (AvgIpc) is 2.37. The van der Waals surface area contributed by atoms with Gasteiger partial charge in [-0.05, 0) is 27.0 Å². The van der Waals surface area contributed by atoms with Crippen molar-refractivity contribution in [1.82, 2.24) is 5.32 Å². The van der Waals surface area contributed by atoms with Crippen LogP contribution in [0.3, 0.4) is 0 Å². The second-order valence-electron chi connectivity index (χ2n) is 5.62. The lowest BCUT2D eigenvalue weighted by atomic mass is 9.75. The summed E-state index contributed by atoms with van der Waals surface area (Å²) in [4.78, 5) is 11.8. The number of methoxy groups -OCH3 is 1. The highest BCUT2D eigenvalue weighted by atomic mass is 16.5. The number of para-hydroxylation sites is 1. The van der Waals surface area contributed by atoms with Gasteiger partial charge in [0, 0.05) is 12.0 Å². The van der Waals surface area contributed by atoms with Gasteiger partial charge in [-0.25, -0.2) is 0 Å². The minimum atomic E-state index is -0.439. The molecule has 1 aliphatic heterocycles. The van der Waals surface area contributed by atoms with Crippen molar-refractivity contribution in [2.24, 2.45) is 0 Å². The summed E-state index contributed by atoms with van der Waals surface area (Å²) >= 11 is 0. The third-order valence-corrected chi connectivity index (χ3v) is 3.67. The number of carbonyl (C=O) groups excluding carboxylic acids is 1. The average molecular weight is 263 g/mol. The molecule has 4 heteroatoms. The maximum Gasteiger partial charge on any atom is 0.307 e. The Kier molecular flexibility index (Phi) is 3.54. The molecule has 0 saturated carbocycles. The van der Waals surface area contributed by atoms with Crippen LogP contribution in [0.4, 0.5) is 0 Å². The summed E-state index contributed by atoms with van der Waals surface area (Å²) in [5.41, 5.74) is 0.249. The molecular formula is C15H21NO3. The van der Waals surface area contributed by atoms with Gasteiger partial charge >= 0.3 is 5.97 Å². The van der Waals surface area contributed by atoms with Crippen LogP contribution in [-0.4, -0.2) is 25.7 Å². The molecule has 1 unspecified atom stereocenters. The van der Waals surface area contributed by atoms with Gasteiger partial charge in [0.1, 0.15) is 11.4 Å². The van der Waals surface area contributed by atoms with Crippen molar-refractivity contribution >= 4 is 5.97 Å². The summed E-state index contributed by atoms with van der Waals surface area (Å²) in [5.74, 6) is 0.610. The number of rotatable bonds is 3. The van der Waals surface area contributed by atoms with Gasteiger partial charge in [-0.1, -0.05) is 18.2 Å². The number of benzene rings is 1. The van der Waals surface area contributed by atoms with Gasteiger partial charge < -0.3 is 14.8 Å². The summed E-state index contributed by atoms with van der Waals surface area (Å²) in [5, 5.41) is 3.31. The van der Waals surface area contributed by atoms with Crippen LogP contribution >= 0.6 is 0 Å². The lowest BCUT2D eigenvalue weighted by molar-refractivity contribution is -0.143. The first-order valence-electron chi connectivity index (χ1n) is 6.47. The molecule has 0 aromatic heterocycles. The molecule has 2 rings (SSSR count). The number of nitrogens with one attached hydrogen (secondary N) is 1. The number of hydrogen-bond donors (Lipinski definition) is 1. The fourth-order valence-corrected chi connectivity index (χ4v) is 2.89. The normalized spacial score (nSPS) is 24.2. The Morgan fingerprint density at radius 1 is 1.42 bits per heavy atom. The van der Waals surface area contributed by atoms with Crippen LogP contribution in [0.5, 0.6) is 5.75 Å². The first-order chi connectivity index (χ1) is 8.92. The molecule has 104 valence electrons. The van der Waals surface area contributed by atoms with E-state index in [4.69, 9.17) is 9.47 Å². The van der Waals surface area contributed by atoms with Gasteiger partial charge in [-0.15, -0.1) is 0 Å². The van der Waals surface area contributed by atoms with E-state index in [0.717, 1.165) is 11.3 Å². The first kappa shape index (κ1) is 13.9. The Bertz CT molecular complexity index is 484. The van der Waals surface area contributed by atoms with Crippen LogP contribution in [0.25, 0.3) is 0 Å². The monoisotopic (exact) mass is 263 g/mol. The maximum atomic E-state index is 11.8. The minimum absolute atomic E-state index is 0.221. The predicted octanol–water partition coefficient (Wildman–Crippen LogP) is 2.23. The number of hydrogen-bond acceptors (Lipinski definition) is 4. The number of carbonyl (C=O) groups is 1. The van der Waals surface area contributed by atoms with Gasteiger partial charge in [0.05, 0.1) is 19.1 Å². The molecule has 0 spiro atoms. The fourth-order valence-electron chi connectivity index (χ4n) is 2.89. The van der Waals surface area contributed by atoms with E-state index in [0.29, 0.717) is 12.8 Å². The van der Waals surface area contributed by atoms with Crippen molar-refractivity contribution in [1.29, 1.82) is 0 Å². The van der Waals surface area contributed by atoms with Gasteiger partial charge in [0.15, 0.2) is 0 Å². The highest BCUT2D eigenvalue weighted by Crippen LogP contribution is 2.45. The van der Waals surface area contributed by atoms with Crippen LogP contribution in [0, 0.1) is 0 Å². The van der Waals surface area contributed by atoms with E-state index in [2.05, 4.69) is 5.32 Å². The minimum Gasteiger partial charge on any atom is -0.487 e. The molecule has 0 radical (unpaired) electrons. The topological polar surface area (TPSA) is 47.6 Å². The molecule has 19 heavy (non-hydrogen) atoms. The fraction of sp³-hybridized carbons (Fsp3) is 0.533. The smallest absolute Gasteiger partial charge is 0.307 e. The Morgan fingerprint density at radius 2 is 2.11 bits per heavy atom. The zero-order chi connectivity index (χ0) is 14.1. The highest BCUT2D eigenvalue weighted by molar-refractivity contribution is 5.71. The van der Waals surface area contributed by atoms with Crippen molar-refractivity contribution in [2.45, 2.75) is 37.8 Å². The first-order valence-corrected chi connectivity index (χ1v) is 6.47. The van der Waals surface area contributed by atoms with Gasteiger partial charge in [-0.2, -0.15) is 0 Å². The molecule has 4 nitrogen and oxygen atoms in total. The SMILES string of the molecule is CNC1(CC(=O)OC)CC(C)(C)Oc2ccccc21. The van der Waals surface area contributed by atoms with E-state index in [1.807, 2.05) is 45.2 Å². The summed E-state index contributed by atoms with van der Waals surface area (Å²) in [6, 6.07) is 7.85. The Balaban J connectivity index is 2.49. The largest absolute Gasteiger partial charge is 0.487 e. The van der Waals surface area contributed by atoms with E-state index < -0.39 is 5.54 Å². The molecule has 1 aliphatic rings. The molecular weight excluding hydrogens is 242 g/mol. The molecule has 0 amide bonds. The zero-order valence-electron chi connectivity index (χ0n) is 11.9. The second-order valence-corrected chi connectivity index (χ2v) is 5.62. The molecule has 0 bridgehead atoms. The molecule has 0 aliphatic carbocycles. The number of esters is 1. The Hall–Kier alpha value is -1.55. The van der Waals surface area contributed by atoms with Crippen molar-refractivity contribution in [3.8, 4) is 5.75 Å². The summed E-state index contributed by atoms with van der Waals surface area (Å²) in [7, 11) is 3.29. The quantitative estimate of drug-likeness (QED) is 0.850. The summed E-state index contributed by atoms with van der Waals surface area (Å²) < 4.78 is 10.8. The zero-order valence-corrected chi connectivity index (χ0v) is 11.9. The standard InChI is InChI=1S/C15H21NO3/c1-14(2)10-15(16-3,9-13(17)18-4)11-7-5-6-8-12(11)19-14/h5-8,16H,9-10H2,1-4H3. The van der Waals surface area contributed by atoms with Crippen molar-refractivity contribution in [3.63, 3.8) is 0 Å². The van der Waals surface area contributed by atoms with E-state index >= 15 is 0 Å². The van der Waals surface area contributed by atoms with Gasteiger partial charge in [0.2, 0.25) is 0 Å². The second kappa shape index (κ2) is 4.85. The van der Waals surface area contributed by atoms with Crippen LogP contribution in [0.1, 0.15) is 32.3 Å². The summed E-state index contributed by atoms with van der Waals surface area (Å²) in [6.45, 7) is 4.07. The lowest BCUT2D eigenvalue weighted by Gasteiger charge is -2.45. The Morgan fingerprint density at radius 3 is 2.74 bits per heavy atom. The number of ether oxygens (including phenoxy) is 2. The van der Waals surface area contributed by atoms with Crippen molar-refractivity contribution in [3.05, 3.63) is 29.8 Å². The van der Waals surface area contributed by atoms with Gasteiger partial charge in [-0.3, -0.25) is 4.79 Å². The maximum absolute atomic E-state index is 11.8. The van der Waals surface area contributed by atoms with Crippen molar-refractivity contribution in [2.75, 3.05) is 14.2 Å². The highest BCUT2D eigenvalue weighted by Gasteiger charge is 2.45. The van der Waals surface area contributed by atoms with E-state index in [1.54, 1.807) is 0 Å². The van der Waals surface area contributed by atoms with Crippen LogP contribution in [-0.2, 0) is 15.1 Å². The molecule has 1 aromatic rings. The lowest BCUT2D eigenvalue weighted by Crippen LogP contribution is -2.52. The van der Waals surface area contributed by atoms with Crippen LogP contribution < -0.4 is 10.1 Å². The van der Waals surface area contributed by atoms with E-state index in [-0.39, 0.29) is 11.6 Å².